The highest BCUT2D eigenvalue weighted by Crippen LogP contribution is 2.20. The van der Waals surface area contributed by atoms with E-state index >= 15 is 0 Å². The molecule has 0 radical (unpaired) electrons. The Labute approximate surface area is 113 Å². The van der Waals surface area contributed by atoms with Crippen LogP contribution < -0.4 is 5.32 Å². The smallest absolute Gasteiger partial charge is 0.275 e. The molecule has 0 spiro atoms. The monoisotopic (exact) mass is 308 g/mol. The van der Waals surface area contributed by atoms with Crippen molar-refractivity contribution in [1.29, 1.82) is 0 Å². The number of aryl methyl sites for hydroxylation is 2. The van der Waals surface area contributed by atoms with E-state index in [0.29, 0.717) is 10.2 Å². The molecule has 1 amide bonds. The summed E-state index contributed by atoms with van der Waals surface area (Å²) in [6, 6.07) is 3.55. The summed E-state index contributed by atoms with van der Waals surface area (Å²) in [6.45, 7) is 3.76. The van der Waals surface area contributed by atoms with Crippen molar-refractivity contribution in [2.24, 2.45) is 7.05 Å². The topological polar surface area (TPSA) is 59.8 Å². The molecule has 18 heavy (non-hydrogen) atoms. The van der Waals surface area contributed by atoms with Gasteiger partial charge in [-0.25, -0.2) is 4.98 Å². The van der Waals surface area contributed by atoms with E-state index in [1.807, 2.05) is 20.9 Å². The summed E-state index contributed by atoms with van der Waals surface area (Å²) < 4.78 is 2.40. The predicted octanol–water partition coefficient (Wildman–Crippen LogP) is 2.45. The molecule has 0 bridgehead atoms. The molecular formula is C12H13BrN4O. The normalized spacial score (nSPS) is 10.4. The highest BCUT2D eigenvalue weighted by Gasteiger charge is 2.16. The summed E-state index contributed by atoms with van der Waals surface area (Å²) in [6.07, 6.45) is 1.59. The lowest BCUT2D eigenvalue weighted by atomic mass is 10.3. The number of amides is 1. The van der Waals surface area contributed by atoms with Crippen molar-refractivity contribution >= 4 is 27.5 Å². The van der Waals surface area contributed by atoms with Crippen molar-refractivity contribution in [3.05, 3.63) is 39.9 Å². The fourth-order valence-corrected chi connectivity index (χ4v) is 2.12. The first kappa shape index (κ1) is 12.8. The molecule has 2 aromatic heterocycles. The van der Waals surface area contributed by atoms with Gasteiger partial charge in [0.15, 0.2) is 0 Å². The van der Waals surface area contributed by atoms with Crippen LogP contribution in [-0.4, -0.2) is 20.7 Å². The van der Waals surface area contributed by atoms with E-state index in [0.717, 1.165) is 17.1 Å². The number of nitrogens with zero attached hydrogens (tertiary/aromatic N) is 3. The number of hydrogen-bond donors (Lipinski definition) is 1. The zero-order valence-corrected chi connectivity index (χ0v) is 11.9. The van der Waals surface area contributed by atoms with Gasteiger partial charge in [-0.05, 0) is 41.9 Å². The Balaban J connectivity index is 2.30. The summed E-state index contributed by atoms with van der Waals surface area (Å²) in [5.74, 6) is -0.248. The standard InChI is InChI=1S/C12H13BrN4O/c1-7-10(8(2)17(3)16-7)15-12(18)11-9(13)5-4-6-14-11/h4-6H,1-3H3,(H,15,18). The zero-order chi connectivity index (χ0) is 13.3. The van der Waals surface area contributed by atoms with Crippen molar-refractivity contribution in [2.75, 3.05) is 5.32 Å². The SMILES string of the molecule is Cc1nn(C)c(C)c1NC(=O)c1ncccc1Br. The Hall–Kier alpha value is -1.69. The number of halogens is 1. The number of rotatable bonds is 2. The zero-order valence-electron chi connectivity index (χ0n) is 10.4. The minimum absolute atomic E-state index is 0.248. The molecule has 6 heteroatoms. The second-order valence-electron chi connectivity index (χ2n) is 3.96. The Bertz CT molecular complexity index is 606. The summed E-state index contributed by atoms with van der Waals surface area (Å²) >= 11 is 3.31. The van der Waals surface area contributed by atoms with Crippen LogP contribution in [0, 0.1) is 13.8 Å². The summed E-state index contributed by atoms with van der Waals surface area (Å²) in [5.41, 5.74) is 2.79. The van der Waals surface area contributed by atoms with Gasteiger partial charge in [0, 0.05) is 17.7 Å². The molecule has 0 saturated heterocycles. The molecule has 0 aliphatic carbocycles. The van der Waals surface area contributed by atoms with Gasteiger partial charge in [0.05, 0.1) is 17.1 Å². The highest BCUT2D eigenvalue weighted by molar-refractivity contribution is 9.10. The fourth-order valence-electron chi connectivity index (χ4n) is 1.68. The fraction of sp³-hybridized carbons (Fsp3) is 0.250. The van der Waals surface area contributed by atoms with Gasteiger partial charge in [-0.3, -0.25) is 9.48 Å². The first-order chi connectivity index (χ1) is 8.50. The number of anilines is 1. The largest absolute Gasteiger partial charge is 0.317 e. The van der Waals surface area contributed by atoms with Gasteiger partial charge in [0.25, 0.3) is 5.91 Å². The van der Waals surface area contributed by atoms with Crippen LogP contribution in [0.15, 0.2) is 22.8 Å². The molecule has 2 heterocycles. The molecule has 2 rings (SSSR count). The van der Waals surface area contributed by atoms with E-state index in [1.54, 1.807) is 23.0 Å². The molecule has 0 aliphatic rings. The van der Waals surface area contributed by atoms with Crippen molar-refractivity contribution in [2.45, 2.75) is 13.8 Å². The van der Waals surface area contributed by atoms with Gasteiger partial charge in [0.1, 0.15) is 5.69 Å². The van der Waals surface area contributed by atoms with Crippen LogP contribution in [0.5, 0.6) is 0 Å². The Morgan fingerprint density at radius 3 is 2.72 bits per heavy atom. The van der Waals surface area contributed by atoms with Crippen LogP contribution >= 0.6 is 15.9 Å². The molecule has 5 nitrogen and oxygen atoms in total. The van der Waals surface area contributed by atoms with E-state index in [4.69, 9.17) is 0 Å². The number of aromatic nitrogens is 3. The number of nitrogens with one attached hydrogen (secondary N) is 1. The third-order valence-electron chi connectivity index (χ3n) is 2.72. The molecule has 0 atom stereocenters. The maximum atomic E-state index is 12.1. The lowest BCUT2D eigenvalue weighted by Gasteiger charge is -2.06. The maximum absolute atomic E-state index is 12.1. The molecule has 94 valence electrons. The van der Waals surface area contributed by atoms with Crippen LogP contribution in [-0.2, 0) is 7.05 Å². The number of pyridine rings is 1. The molecule has 0 fully saturated rings. The Morgan fingerprint density at radius 1 is 1.44 bits per heavy atom. The van der Waals surface area contributed by atoms with E-state index in [-0.39, 0.29) is 5.91 Å². The molecule has 0 aliphatic heterocycles. The van der Waals surface area contributed by atoms with Crippen molar-refractivity contribution < 1.29 is 4.79 Å². The third-order valence-corrected chi connectivity index (χ3v) is 3.36. The van der Waals surface area contributed by atoms with Gasteiger partial charge in [-0.2, -0.15) is 5.10 Å². The second kappa shape index (κ2) is 4.89. The van der Waals surface area contributed by atoms with Gasteiger partial charge < -0.3 is 5.32 Å². The second-order valence-corrected chi connectivity index (χ2v) is 4.81. The average molecular weight is 309 g/mol. The van der Waals surface area contributed by atoms with Crippen LogP contribution in [0.1, 0.15) is 21.9 Å². The van der Waals surface area contributed by atoms with E-state index in [2.05, 4.69) is 31.3 Å². The molecule has 0 unspecified atom stereocenters. The number of carbonyl (C=O) groups is 1. The third kappa shape index (κ3) is 2.28. The van der Waals surface area contributed by atoms with E-state index < -0.39 is 0 Å². The first-order valence-corrected chi connectivity index (χ1v) is 6.22. The Kier molecular flexibility index (Phi) is 3.47. The highest BCUT2D eigenvalue weighted by atomic mass is 79.9. The minimum Gasteiger partial charge on any atom is -0.317 e. The maximum Gasteiger partial charge on any atom is 0.275 e. The van der Waals surface area contributed by atoms with Crippen LogP contribution in [0.4, 0.5) is 5.69 Å². The predicted molar refractivity (Wildman–Crippen MR) is 72.6 cm³/mol. The van der Waals surface area contributed by atoms with Crippen molar-refractivity contribution in [3.63, 3.8) is 0 Å². The molecular weight excluding hydrogens is 296 g/mol. The Morgan fingerprint density at radius 2 is 2.17 bits per heavy atom. The van der Waals surface area contributed by atoms with Gasteiger partial charge >= 0.3 is 0 Å². The molecule has 0 aromatic carbocycles. The molecule has 2 aromatic rings. The molecule has 1 N–H and O–H groups in total. The van der Waals surface area contributed by atoms with Crippen molar-refractivity contribution in [3.8, 4) is 0 Å². The quantitative estimate of drug-likeness (QED) is 0.927. The number of carbonyl (C=O) groups excluding carboxylic acids is 1. The van der Waals surface area contributed by atoms with Crippen molar-refractivity contribution in [1.82, 2.24) is 14.8 Å². The first-order valence-electron chi connectivity index (χ1n) is 5.42. The minimum atomic E-state index is -0.248. The van der Waals surface area contributed by atoms with Gasteiger partial charge in [-0.1, -0.05) is 0 Å². The number of hydrogen-bond acceptors (Lipinski definition) is 3. The average Bonchev–Trinajstić information content (AvgIpc) is 2.56. The summed E-state index contributed by atoms with van der Waals surface area (Å²) in [5, 5.41) is 7.09. The van der Waals surface area contributed by atoms with E-state index in [9.17, 15) is 4.79 Å². The van der Waals surface area contributed by atoms with Crippen LogP contribution in [0.2, 0.25) is 0 Å². The van der Waals surface area contributed by atoms with Crippen LogP contribution in [0.3, 0.4) is 0 Å². The van der Waals surface area contributed by atoms with Crippen LogP contribution in [0.25, 0.3) is 0 Å². The summed E-state index contributed by atoms with van der Waals surface area (Å²) in [4.78, 5) is 16.2. The molecule has 0 saturated carbocycles. The van der Waals surface area contributed by atoms with Gasteiger partial charge in [-0.15, -0.1) is 0 Å². The lowest BCUT2D eigenvalue weighted by Crippen LogP contribution is -2.15. The van der Waals surface area contributed by atoms with Gasteiger partial charge in [0.2, 0.25) is 0 Å². The summed E-state index contributed by atoms with van der Waals surface area (Å²) in [7, 11) is 1.84. The lowest BCUT2D eigenvalue weighted by molar-refractivity contribution is 0.102. The van der Waals surface area contributed by atoms with E-state index in [1.165, 1.54) is 0 Å².